The normalized spacial score (nSPS) is 15.4. The van der Waals surface area contributed by atoms with Crippen LogP contribution in [0.1, 0.15) is 23.3 Å². The molecule has 0 unspecified atom stereocenters. The minimum Gasteiger partial charge on any atom is -0.477 e. The van der Waals surface area contributed by atoms with E-state index in [0.717, 1.165) is 12.8 Å². The molecule has 0 aromatic carbocycles. The molecule has 68 valence electrons. The van der Waals surface area contributed by atoms with Gasteiger partial charge in [0.1, 0.15) is 12.1 Å². The zero-order valence-electron chi connectivity index (χ0n) is 6.90. The third kappa shape index (κ3) is 1.93. The minimum atomic E-state index is -1.03. The number of nitrogens with one attached hydrogen (secondary N) is 1. The molecule has 5 heteroatoms. The zero-order valence-corrected chi connectivity index (χ0v) is 6.90. The standard InChI is InChI=1S/C8H9N3O2/c12-8(13)6-3-7(10-4-9-6)11-5-1-2-5/h3-5H,1-2H2,(H,12,13)(H,9,10,11). The molecule has 0 spiro atoms. The van der Waals surface area contributed by atoms with E-state index in [4.69, 9.17) is 5.11 Å². The maximum absolute atomic E-state index is 10.5. The highest BCUT2D eigenvalue weighted by Crippen LogP contribution is 2.23. The van der Waals surface area contributed by atoms with Crippen LogP contribution in [0.3, 0.4) is 0 Å². The fourth-order valence-corrected chi connectivity index (χ4v) is 0.990. The number of nitrogens with zero attached hydrogens (tertiary/aromatic N) is 2. The molecule has 1 saturated carbocycles. The summed E-state index contributed by atoms with van der Waals surface area (Å²) in [4.78, 5) is 18.1. The van der Waals surface area contributed by atoms with Crippen LogP contribution in [0.5, 0.6) is 0 Å². The highest BCUT2D eigenvalue weighted by Gasteiger charge is 2.21. The SMILES string of the molecule is O=C(O)c1cc(NC2CC2)ncn1. The monoisotopic (exact) mass is 179 g/mol. The van der Waals surface area contributed by atoms with Crippen molar-refractivity contribution >= 4 is 11.8 Å². The lowest BCUT2D eigenvalue weighted by Crippen LogP contribution is -2.06. The van der Waals surface area contributed by atoms with Crippen molar-refractivity contribution in [2.75, 3.05) is 5.32 Å². The molecule has 1 aromatic heterocycles. The largest absolute Gasteiger partial charge is 0.477 e. The lowest BCUT2D eigenvalue weighted by Gasteiger charge is -2.02. The third-order valence-electron chi connectivity index (χ3n) is 1.82. The summed E-state index contributed by atoms with van der Waals surface area (Å²) >= 11 is 0. The van der Waals surface area contributed by atoms with Crippen LogP contribution in [-0.2, 0) is 0 Å². The summed E-state index contributed by atoms with van der Waals surface area (Å²) in [7, 11) is 0. The number of hydrogen-bond acceptors (Lipinski definition) is 4. The fourth-order valence-electron chi connectivity index (χ4n) is 0.990. The Morgan fingerprint density at radius 2 is 2.31 bits per heavy atom. The molecule has 1 aliphatic rings. The van der Waals surface area contributed by atoms with Crippen molar-refractivity contribution in [2.45, 2.75) is 18.9 Å². The van der Waals surface area contributed by atoms with Crippen LogP contribution >= 0.6 is 0 Å². The van der Waals surface area contributed by atoms with E-state index in [9.17, 15) is 4.79 Å². The summed E-state index contributed by atoms with van der Waals surface area (Å²) < 4.78 is 0. The predicted molar refractivity (Wildman–Crippen MR) is 45.6 cm³/mol. The van der Waals surface area contributed by atoms with Crippen molar-refractivity contribution in [3.05, 3.63) is 18.1 Å². The molecule has 0 amide bonds. The van der Waals surface area contributed by atoms with Gasteiger partial charge in [-0.1, -0.05) is 0 Å². The van der Waals surface area contributed by atoms with E-state index < -0.39 is 5.97 Å². The van der Waals surface area contributed by atoms with Crippen LogP contribution in [0.4, 0.5) is 5.82 Å². The molecule has 1 heterocycles. The van der Waals surface area contributed by atoms with Gasteiger partial charge in [0.25, 0.3) is 0 Å². The lowest BCUT2D eigenvalue weighted by atomic mass is 10.4. The summed E-state index contributed by atoms with van der Waals surface area (Å²) in [6.45, 7) is 0. The molecule has 2 rings (SSSR count). The number of carboxylic acid groups (broad SMARTS) is 1. The molecule has 0 atom stereocenters. The molecule has 0 bridgehead atoms. The maximum Gasteiger partial charge on any atom is 0.354 e. The van der Waals surface area contributed by atoms with Gasteiger partial charge in [-0.2, -0.15) is 0 Å². The molecule has 5 nitrogen and oxygen atoms in total. The highest BCUT2D eigenvalue weighted by atomic mass is 16.4. The van der Waals surface area contributed by atoms with Gasteiger partial charge in [-0.05, 0) is 12.8 Å². The van der Waals surface area contributed by atoms with Crippen molar-refractivity contribution in [3.63, 3.8) is 0 Å². The van der Waals surface area contributed by atoms with E-state index >= 15 is 0 Å². The van der Waals surface area contributed by atoms with Crippen LogP contribution < -0.4 is 5.32 Å². The van der Waals surface area contributed by atoms with Gasteiger partial charge in [-0.15, -0.1) is 0 Å². The topological polar surface area (TPSA) is 75.1 Å². The molecule has 0 radical (unpaired) electrons. The van der Waals surface area contributed by atoms with E-state index in [2.05, 4.69) is 15.3 Å². The summed E-state index contributed by atoms with van der Waals surface area (Å²) in [6.07, 6.45) is 3.52. The minimum absolute atomic E-state index is 0.0261. The van der Waals surface area contributed by atoms with Gasteiger partial charge in [-0.3, -0.25) is 0 Å². The number of rotatable bonds is 3. The Kier molecular flexibility index (Phi) is 1.84. The van der Waals surface area contributed by atoms with Crippen LogP contribution in [0.2, 0.25) is 0 Å². The highest BCUT2D eigenvalue weighted by molar-refractivity contribution is 5.86. The third-order valence-corrected chi connectivity index (χ3v) is 1.82. The predicted octanol–water partition coefficient (Wildman–Crippen LogP) is 0.749. The van der Waals surface area contributed by atoms with Gasteiger partial charge in [0, 0.05) is 12.1 Å². The van der Waals surface area contributed by atoms with Gasteiger partial charge in [0.15, 0.2) is 5.69 Å². The molecule has 13 heavy (non-hydrogen) atoms. The van der Waals surface area contributed by atoms with Crippen molar-refractivity contribution < 1.29 is 9.90 Å². The summed E-state index contributed by atoms with van der Waals surface area (Å²) in [5.74, 6) is -0.434. The van der Waals surface area contributed by atoms with Gasteiger partial charge in [0.05, 0.1) is 0 Å². The summed E-state index contributed by atoms with van der Waals surface area (Å²) in [5.41, 5.74) is 0.0261. The number of hydrogen-bond donors (Lipinski definition) is 2. The Labute approximate surface area is 74.8 Å². The second kappa shape index (κ2) is 3.01. The molecular weight excluding hydrogens is 170 g/mol. The number of aromatic carboxylic acids is 1. The van der Waals surface area contributed by atoms with Crippen molar-refractivity contribution in [2.24, 2.45) is 0 Å². The first-order valence-electron chi connectivity index (χ1n) is 4.07. The van der Waals surface area contributed by atoms with E-state index in [0.29, 0.717) is 11.9 Å². The van der Waals surface area contributed by atoms with Crippen LogP contribution in [-0.4, -0.2) is 27.1 Å². The summed E-state index contributed by atoms with van der Waals surface area (Å²) in [5, 5.41) is 11.7. The first kappa shape index (κ1) is 7.97. The van der Waals surface area contributed by atoms with E-state index in [1.165, 1.54) is 12.4 Å². The fraction of sp³-hybridized carbons (Fsp3) is 0.375. The Bertz CT molecular complexity index is 336. The first-order valence-corrected chi connectivity index (χ1v) is 4.07. The van der Waals surface area contributed by atoms with Gasteiger partial charge >= 0.3 is 5.97 Å². The molecule has 2 N–H and O–H groups in total. The van der Waals surface area contributed by atoms with E-state index in [1.54, 1.807) is 0 Å². The first-order chi connectivity index (χ1) is 6.25. The Morgan fingerprint density at radius 3 is 2.92 bits per heavy atom. The average Bonchev–Trinajstić information content (AvgIpc) is 2.89. The molecule has 1 aliphatic carbocycles. The smallest absolute Gasteiger partial charge is 0.354 e. The van der Waals surface area contributed by atoms with Crippen molar-refractivity contribution in [1.29, 1.82) is 0 Å². The Hall–Kier alpha value is -1.65. The van der Waals surface area contributed by atoms with E-state index in [1.807, 2.05) is 0 Å². The molecule has 0 saturated heterocycles. The second-order valence-electron chi connectivity index (χ2n) is 3.01. The lowest BCUT2D eigenvalue weighted by molar-refractivity contribution is 0.0690. The molecule has 1 fully saturated rings. The Morgan fingerprint density at radius 1 is 1.54 bits per heavy atom. The average molecular weight is 179 g/mol. The van der Waals surface area contributed by atoms with Crippen LogP contribution in [0.25, 0.3) is 0 Å². The number of aromatic nitrogens is 2. The maximum atomic E-state index is 10.5. The number of carbonyl (C=O) groups is 1. The van der Waals surface area contributed by atoms with E-state index in [-0.39, 0.29) is 5.69 Å². The number of anilines is 1. The van der Waals surface area contributed by atoms with Crippen LogP contribution in [0.15, 0.2) is 12.4 Å². The van der Waals surface area contributed by atoms with Gasteiger partial charge in [-0.25, -0.2) is 14.8 Å². The van der Waals surface area contributed by atoms with Crippen molar-refractivity contribution in [1.82, 2.24) is 9.97 Å². The zero-order chi connectivity index (χ0) is 9.26. The molecular formula is C8H9N3O2. The number of carboxylic acids is 1. The quantitative estimate of drug-likeness (QED) is 0.716. The van der Waals surface area contributed by atoms with Crippen LogP contribution in [0, 0.1) is 0 Å². The van der Waals surface area contributed by atoms with Crippen molar-refractivity contribution in [3.8, 4) is 0 Å². The van der Waals surface area contributed by atoms with Gasteiger partial charge in [0.2, 0.25) is 0 Å². The molecule has 0 aliphatic heterocycles. The Balaban J connectivity index is 2.15. The molecule has 1 aromatic rings. The summed E-state index contributed by atoms with van der Waals surface area (Å²) in [6, 6.07) is 1.91. The second-order valence-corrected chi connectivity index (χ2v) is 3.01. The van der Waals surface area contributed by atoms with Gasteiger partial charge < -0.3 is 10.4 Å².